The molecule has 3 heterocycles. The Morgan fingerprint density at radius 3 is 2.11 bits per heavy atom. The molecular formula is C29H25BrClF5N4O6S. The average molecular weight is 768 g/mol. The number of carbonyl (C=O) groups is 2. The number of fused-ring (bicyclic) bond motifs is 2. The van der Waals surface area contributed by atoms with E-state index >= 15 is 8.78 Å². The molecule has 0 aliphatic carbocycles. The number of hydrogen-bond acceptors (Lipinski definition) is 8. The number of piperidine rings is 1. The summed E-state index contributed by atoms with van der Waals surface area (Å²) in [6.07, 6.45) is -3.48. The highest BCUT2D eigenvalue weighted by Crippen LogP contribution is 2.43. The van der Waals surface area contributed by atoms with Gasteiger partial charge in [0.1, 0.15) is 5.75 Å². The molecule has 5 rings (SSSR count). The number of nitrogens with two attached hydrogens (primary N) is 1. The molecule has 2 saturated heterocycles. The summed E-state index contributed by atoms with van der Waals surface area (Å²) in [5.74, 6) is -9.18. The minimum atomic E-state index is -5.82. The number of halogens is 7. The van der Waals surface area contributed by atoms with Crippen LogP contribution in [0.5, 0.6) is 11.6 Å². The second kappa shape index (κ2) is 13.3. The van der Waals surface area contributed by atoms with E-state index in [0.717, 1.165) is 41.3 Å². The predicted octanol–water partition coefficient (Wildman–Crippen LogP) is 5.94. The number of hydroxylamine groups is 1. The third-order valence-electron chi connectivity index (χ3n) is 7.73. The van der Waals surface area contributed by atoms with E-state index < -0.39 is 67.1 Å². The number of pyridine rings is 1. The normalized spacial score (nSPS) is 20.6. The van der Waals surface area contributed by atoms with Crippen LogP contribution in [-0.2, 0) is 30.4 Å². The number of carbonyl (C=O) groups excluding carboxylic acids is 2. The van der Waals surface area contributed by atoms with Crippen molar-refractivity contribution in [3.63, 3.8) is 0 Å². The fourth-order valence-electron chi connectivity index (χ4n) is 5.63. The van der Waals surface area contributed by atoms with Crippen LogP contribution >= 0.6 is 27.5 Å². The number of nitrogens with zero attached hydrogens (tertiary/aromatic N) is 3. The summed E-state index contributed by atoms with van der Waals surface area (Å²) in [7, 11) is -5.62. The molecule has 1 aromatic heterocycles. The summed E-state index contributed by atoms with van der Waals surface area (Å²) in [6, 6.07) is 5.61. The van der Waals surface area contributed by atoms with Crippen molar-refractivity contribution in [1.82, 2.24) is 14.4 Å². The van der Waals surface area contributed by atoms with Crippen LogP contribution in [0.2, 0.25) is 5.02 Å². The Labute approximate surface area is 278 Å². The maximum Gasteiger partial charge on any atom is 0.492 e. The van der Waals surface area contributed by atoms with Crippen LogP contribution in [0, 0.1) is 0 Å². The molecule has 2 aromatic carbocycles. The maximum absolute atomic E-state index is 16.6. The van der Waals surface area contributed by atoms with E-state index in [9.17, 15) is 31.2 Å². The van der Waals surface area contributed by atoms with Crippen molar-refractivity contribution in [1.29, 1.82) is 0 Å². The molecule has 2 N–H and O–H groups in total. The molecule has 1 amide bonds. The second-order valence-electron chi connectivity index (χ2n) is 10.9. The first kappa shape index (κ1) is 34.9. The van der Waals surface area contributed by atoms with Crippen molar-refractivity contribution < 1.29 is 49.5 Å². The van der Waals surface area contributed by atoms with Crippen molar-refractivity contribution in [3.8, 4) is 11.6 Å². The van der Waals surface area contributed by atoms with Gasteiger partial charge in [-0.1, -0.05) is 39.7 Å². The van der Waals surface area contributed by atoms with Crippen molar-refractivity contribution in [2.75, 3.05) is 0 Å². The van der Waals surface area contributed by atoms with Gasteiger partial charge in [-0.05, 0) is 72.6 Å². The van der Waals surface area contributed by atoms with Gasteiger partial charge in [0.25, 0.3) is 15.9 Å². The highest BCUT2D eigenvalue weighted by molar-refractivity contribution is 9.10. The molecule has 18 heteroatoms. The van der Waals surface area contributed by atoms with E-state index in [2.05, 4.69) is 25.8 Å². The van der Waals surface area contributed by atoms with Gasteiger partial charge in [-0.2, -0.15) is 22.0 Å². The molecule has 252 valence electrons. The topological polar surface area (TPSA) is 132 Å². The zero-order chi connectivity index (χ0) is 34.3. The fraction of sp³-hybridized carbons (Fsp3) is 0.345. The maximum atomic E-state index is 16.6. The molecule has 2 unspecified atom stereocenters. The fourth-order valence-corrected chi connectivity index (χ4v) is 7.36. The number of amides is 1. The summed E-state index contributed by atoms with van der Waals surface area (Å²) in [5, 5.41) is 0.303. The number of rotatable bonds is 9. The van der Waals surface area contributed by atoms with Crippen LogP contribution in [-0.4, -0.2) is 65.0 Å². The van der Waals surface area contributed by atoms with Crippen LogP contribution < -0.4 is 10.5 Å². The van der Waals surface area contributed by atoms with E-state index in [-0.39, 0.29) is 30.5 Å². The molecule has 0 radical (unpaired) electrons. The first-order valence-electron chi connectivity index (χ1n) is 13.9. The minimum absolute atomic E-state index is 0.00772. The Balaban J connectivity index is 1.61. The third-order valence-corrected chi connectivity index (χ3v) is 10.1. The largest absolute Gasteiger partial charge is 0.492 e. The number of alkyl halides is 5. The van der Waals surface area contributed by atoms with Crippen LogP contribution in [0.4, 0.5) is 22.0 Å². The number of ether oxygens (including phenoxy) is 1. The van der Waals surface area contributed by atoms with Crippen LogP contribution in [0.1, 0.15) is 31.2 Å². The molecule has 2 aliphatic rings. The van der Waals surface area contributed by atoms with Crippen LogP contribution in [0.15, 0.2) is 76.2 Å². The van der Waals surface area contributed by atoms with Crippen LogP contribution in [0.3, 0.4) is 0 Å². The van der Waals surface area contributed by atoms with Crippen molar-refractivity contribution in [3.05, 3.63) is 81.9 Å². The van der Waals surface area contributed by atoms with Gasteiger partial charge in [-0.15, -0.1) is 0 Å². The first-order valence-corrected chi connectivity index (χ1v) is 16.5. The quantitative estimate of drug-likeness (QED) is 0.209. The minimum Gasteiger partial charge on any atom is -0.439 e. The Kier molecular flexibility index (Phi) is 9.86. The van der Waals surface area contributed by atoms with Crippen molar-refractivity contribution in [2.24, 2.45) is 5.73 Å². The summed E-state index contributed by atoms with van der Waals surface area (Å²) >= 11 is 8.89. The van der Waals surface area contributed by atoms with E-state index in [0.29, 0.717) is 22.3 Å². The Hall–Kier alpha value is -3.38. The molecule has 3 aromatic rings. The van der Waals surface area contributed by atoms with Crippen molar-refractivity contribution >= 4 is 49.4 Å². The highest BCUT2D eigenvalue weighted by atomic mass is 79.9. The molecule has 0 spiro atoms. The van der Waals surface area contributed by atoms with E-state index in [1.165, 1.54) is 30.5 Å². The van der Waals surface area contributed by atoms with Gasteiger partial charge in [0, 0.05) is 40.4 Å². The Morgan fingerprint density at radius 1 is 0.979 bits per heavy atom. The first-order chi connectivity index (χ1) is 22.0. The standard InChI is InChI=1S/C29H25BrClF5N4O6S/c30-17-3-1-16(2-4-17)28(32,33)25(26(41)39-20-6-7-21(39)14-19(37)13-20)40(46-27(42)29(34,35)36)47(43,44)23-10-8-22(9-11-23)45-24-12-5-18(31)15-38-24/h1-5,8-12,15,19-21,25H,6-7,13-14,37H2/t19?,20?,21?,25-/m0/s1. The number of sulfonamides is 1. The molecule has 3 atom stereocenters. The predicted molar refractivity (Wildman–Crippen MR) is 160 cm³/mol. The molecule has 2 aliphatic heterocycles. The summed E-state index contributed by atoms with van der Waals surface area (Å²) < 4.78 is 107. The monoisotopic (exact) mass is 766 g/mol. The van der Waals surface area contributed by atoms with E-state index in [1.54, 1.807) is 0 Å². The zero-order valence-electron chi connectivity index (χ0n) is 23.9. The smallest absolute Gasteiger partial charge is 0.439 e. The molecule has 10 nitrogen and oxygen atoms in total. The SMILES string of the molecule is NC1CC2CCC(C1)N2C(=O)[C@H](N(OC(=O)C(F)(F)F)S(=O)(=O)c1ccc(Oc2ccc(Cl)cn2)cc1)C(F)(F)c1ccc(Br)cc1. The Morgan fingerprint density at radius 2 is 1.57 bits per heavy atom. The third kappa shape index (κ3) is 7.38. The lowest BCUT2D eigenvalue weighted by atomic mass is 9.94. The molecular weight excluding hydrogens is 743 g/mol. The van der Waals surface area contributed by atoms with Crippen molar-refractivity contribution in [2.45, 2.75) is 66.8 Å². The molecule has 2 bridgehead atoms. The van der Waals surface area contributed by atoms with E-state index in [4.69, 9.17) is 22.1 Å². The van der Waals surface area contributed by atoms with Gasteiger partial charge in [-0.3, -0.25) is 4.79 Å². The highest BCUT2D eigenvalue weighted by Gasteiger charge is 2.60. The van der Waals surface area contributed by atoms with E-state index in [1.807, 2.05) is 0 Å². The molecule has 0 saturated carbocycles. The number of hydrogen-bond donors (Lipinski definition) is 1. The summed E-state index contributed by atoms with van der Waals surface area (Å²) in [5.41, 5.74) is 5.13. The lowest BCUT2D eigenvalue weighted by Gasteiger charge is -2.42. The van der Waals surface area contributed by atoms with Gasteiger partial charge in [0.15, 0.2) is 0 Å². The summed E-state index contributed by atoms with van der Waals surface area (Å²) in [4.78, 5) is 34.6. The lowest BCUT2D eigenvalue weighted by molar-refractivity contribution is -0.240. The zero-order valence-corrected chi connectivity index (χ0v) is 27.1. The molecule has 47 heavy (non-hydrogen) atoms. The second-order valence-corrected chi connectivity index (χ2v) is 14.1. The number of benzene rings is 2. The van der Waals surface area contributed by atoms with Gasteiger partial charge < -0.3 is 20.2 Å². The van der Waals surface area contributed by atoms with Gasteiger partial charge in [-0.25, -0.2) is 18.2 Å². The molecule has 2 fully saturated rings. The summed E-state index contributed by atoms with van der Waals surface area (Å²) in [6.45, 7) is 0. The lowest BCUT2D eigenvalue weighted by Crippen LogP contribution is -2.62. The van der Waals surface area contributed by atoms with Gasteiger partial charge >= 0.3 is 18.1 Å². The number of aromatic nitrogens is 1. The van der Waals surface area contributed by atoms with Gasteiger partial charge in [0.2, 0.25) is 11.9 Å². The Bertz CT molecular complexity index is 1720. The van der Waals surface area contributed by atoms with Gasteiger partial charge in [0.05, 0.1) is 9.92 Å². The van der Waals surface area contributed by atoms with Crippen LogP contribution in [0.25, 0.3) is 0 Å². The average Bonchev–Trinajstić information content (AvgIpc) is 3.28.